The SMILES string of the molecule is CCOC1CC(N)(C(=O)NCC(=O)N2CCCC2)C1(C)C.Cl. The highest BCUT2D eigenvalue weighted by Crippen LogP contribution is 2.49. The minimum absolute atomic E-state index is 0. The molecule has 0 aromatic rings. The predicted octanol–water partition coefficient (Wildman–Crippen LogP) is 0.679. The van der Waals surface area contributed by atoms with Crippen molar-refractivity contribution in [1.82, 2.24) is 10.2 Å². The summed E-state index contributed by atoms with van der Waals surface area (Å²) in [5.41, 5.74) is 4.88. The lowest BCUT2D eigenvalue weighted by Gasteiger charge is -2.57. The summed E-state index contributed by atoms with van der Waals surface area (Å²) in [6.45, 7) is 8.05. The summed E-state index contributed by atoms with van der Waals surface area (Å²) in [5.74, 6) is -0.279. The van der Waals surface area contributed by atoms with Crippen LogP contribution in [0, 0.1) is 5.41 Å². The van der Waals surface area contributed by atoms with Gasteiger partial charge in [0, 0.05) is 31.5 Å². The summed E-state index contributed by atoms with van der Waals surface area (Å²) >= 11 is 0. The molecule has 0 aromatic carbocycles. The summed E-state index contributed by atoms with van der Waals surface area (Å²) in [6.07, 6.45) is 2.58. The zero-order valence-corrected chi connectivity index (χ0v) is 14.5. The molecule has 1 aliphatic heterocycles. The second-order valence-electron chi connectivity index (χ2n) is 6.61. The zero-order chi connectivity index (χ0) is 15.7. The van der Waals surface area contributed by atoms with Crippen LogP contribution in [0.1, 0.15) is 40.0 Å². The summed E-state index contributed by atoms with van der Waals surface area (Å²) in [7, 11) is 0. The Morgan fingerprint density at radius 2 is 1.91 bits per heavy atom. The summed E-state index contributed by atoms with van der Waals surface area (Å²) in [6, 6.07) is 0. The van der Waals surface area contributed by atoms with Crippen LogP contribution in [0.25, 0.3) is 0 Å². The smallest absolute Gasteiger partial charge is 0.241 e. The Morgan fingerprint density at radius 1 is 1.32 bits per heavy atom. The van der Waals surface area contributed by atoms with Crippen molar-refractivity contribution in [2.45, 2.75) is 51.7 Å². The molecule has 2 unspecified atom stereocenters. The third kappa shape index (κ3) is 3.24. The fourth-order valence-corrected chi connectivity index (χ4v) is 3.21. The highest BCUT2D eigenvalue weighted by molar-refractivity contribution is 5.92. The van der Waals surface area contributed by atoms with E-state index in [0.29, 0.717) is 13.0 Å². The Hall–Kier alpha value is -0.850. The lowest BCUT2D eigenvalue weighted by atomic mass is 9.54. The maximum atomic E-state index is 12.4. The van der Waals surface area contributed by atoms with Crippen molar-refractivity contribution in [1.29, 1.82) is 0 Å². The molecule has 128 valence electrons. The number of carbonyl (C=O) groups is 2. The van der Waals surface area contributed by atoms with Gasteiger partial charge in [-0.1, -0.05) is 13.8 Å². The Kier molecular flexibility index (Phi) is 6.24. The van der Waals surface area contributed by atoms with E-state index in [4.69, 9.17) is 10.5 Å². The van der Waals surface area contributed by atoms with Crippen LogP contribution in [-0.4, -0.2) is 54.6 Å². The molecule has 0 aromatic heterocycles. The number of amides is 2. The van der Waals surface area contributed by atoms with Crippen LogP contribution in [0.2, 0.25) is 0 Å². The summed E-state index contributed by atoms with van der Waals surface area (Å²) in [5, 5.41) is 2.71. The number of nitrogens with one attached hydrogen (secondary N) is 1. The molecule has 1 aliphatic carbocycles. The normalized spacial score (nSPS) is 29.5. The monoisotopic (exact) mass is 333 g/mol. The average Bonchev–Trinajstić information content (AvgIpc) is 2.98. The quantitative estimate of drug-likeness (QED) is 0.775. The number of hydrogen-bond donors (Lipinski definition) is 2. The van der Waals surface area contributed by atoms with Gasteiger partial charge in [-0.2, -0.15) is 0 Å². The largest absolute Gasteiger partial charge is 0.378 e. The van der Waals surface area contributed by atoms with Gasteiger partial charge in [-0.05, 0) is 19.8 Å². The maximum Gasteiger partial charge on any atom is 0.241 e. The molecule has 2 amide bonds. The first-order chi connectivity index (χ1) is 9.83. The van der Waals surface area contributed by atoms with Gasteiger partial charge in [0.2, 0.25) is 11.8 Å². The van der Waals surface area contributed by atoms with E-state index in [-0.39, 0.29) is 36.9 Å². The third-order valence-electron chi connectivity index (χ3n) is 5.09. The molecular formula is C15H28ClN3O3. The van der Waals surface area contributed by atoms with Gasteiger partial charge in [-0.3, -0.25) is 9.59 Å². The van der Waals surface area contributed by atoms with Crippen molar-refractivity contribution in [3.63, 3.8) is 0 Å². The van der Waals surface area contributed by atoms with Crippen LogP contribution < -0.4 is 11.1 Å². The number of ether oxygens (including phenoxy) is 1. The van der Waals surface area contributed by atoms with Gasteiger partial charge in [-0.15, -0.1) is 12.4 Å². The molecule has 1 saturated carbocycles. The molecule has 2 aliphatic rings. The molecule has 0 spiro atoms. The van der Waals surface area contributed by atoms with Crippen molar-refractivity contribution in [3.05, 3.63) is 0 Å². The minimum atomic E-state index is -0.960. The molecule has 22 heavy (non-hydrogen) atoms. The average molecular weight is 334 g/mol. The van der Waals surface area contributed by atoms with Crippen LogP contribution >= 0.6 is 12.4 Å². The number of nitrogens with zero attached hydrogens (tertiary/aromatic N) is 1. The van der Waals surface area contributed by atoms with Crippen molar-refractivity contribution < 1.29 is 14.3 Å². The first kappa shape index (κ1) is 19.2. The van der Waals surface area contributed by atoms with Gasteiger partial charge in [0.25, 0.3) is 0 Å². The lowest BCUT2D eigenvalue weighted by molar-refractivity contribution is -0.171. The first-order valence-electron chi connectivity index (χ1n) is 7.79. The summed E-state index contributed by atoms with van der Waals surface area (Å²) in [4.78, 5) is 26.1. The second-order valence-corrected chi connectivity index (χ2v) is 6.61. The van der Waals surface area contributed by atoms with E-state index in [2.05, 4.69) is 5.32 Å². The fourth-order valence-electron chi connectivity index (χ4n) is 3.21. The molecule has 3 N–H and O–H groups in total. The number of likely N-dealkylation sites (tertiary alicyclic amines) is 1. The number of hydrogen-bond acceptors (Lipinski definition) is 4. The molecule has 1 saturated heterocycles. The number of rotatable bonds is 5. The molecule has 2 fully saturated rings. The van der Waals surface area contributed by atoms with E-state index in [1.165, 1.54) is 0 Å². The highest BCUT2D eigenvalue weighted by Gasteiger charge is 2.62. The third-order valence-corrected chi connectivity index (χ3v) is 5.09. The molecule has 1 heterocycles. The topological polar surface area (TPSA) is 84.7 Å². The molecule has 0 bridgehead atoms. The van der Waals surface area contributed by atoms with Gasteiger partial charge in [-0.25, -0.2) is 0 Å². The Labute approximate surface area is 138 Å². The van der Waals surface area contributed by atoms with Gasteiger partial charge in [0.1, 0.15) is 5.54 Å². The van der Waals surface area contributed by atoms with E-state index in [1.807, 2.05) is 20.8 Å². The van der Waals surface area contributed by atoms with Gasteiger partial charge < -0.3 is 20.7 Å². The minimum Gasteiger partial charge on any atom is -0.378 e. The van der Waals surface area contributed by atoms with Crippen molar-refractivity contribution in [3.8, 4) is 0 Å². The van der Waals surface area contributed by atoms with E-state index in [9.17, 15) is 9.59 Å². The predicted molar refractivity (Wildman–Crippen MR) is 86.8 cm³/mol. The van der Waals surface area contributed by atoms with Gasteiger partial charge in [0.15, 0.2) is 0 Å². The molecule has 6 nitrogen and oxygen atoms in total. The van der Waals surface area contributed by atoms with Gasteiger partial charge >= 0.3 is 0 Å². The highest BCUT2D eigenvalue weighted by atomic mass is 35.5. The van der Waals surface area contributed by atoms with Crippen LogP contribution in [0.15, 0.2) is 0 Å². The van der Waals surface area contributed by atoms with Crippen LogP contribution in [0.5, 0.6) is 0 Å². The van der Waals surface area contributed by atoms with Gasteiger partial charge in [0.05, 0.1) is 12.6 Å². The molecule has 2 rings (SSSR count). The Morgan fingerprint density at radius 3 is 2.41 bits per heavy atom. The van der Waals surface area contributed by atoms with E-state index < -0.39 is 11.0 Å². The zero-order valence-electron chi connectivity index (χ0n) is 13.7. The van der Waals surface area contributed by atoms with Crippen molar-refractivity contribution in [2.24, 2.45) is 11.1 Å². The second kappa shape index (κ2) is 7.15. The summed E-state index contributed by atoms with van der Waals surface area (Å²) < 4.78 is 5.61. The number of carbonyl (C=O) groups excluding carboxylic acids is 2. The van der Waals surface area contributed by atoms with E-state index in [0.717, 1.165) is 25.9 Å². The maximum absolute atomic E-state index is 12.4. The van der Waals surface area contributed by atoms with Crippen LogP contribution in [0.4, 0.5) is 0 Å². The Bertz CT molecular complexity index is 424. The standard InChI is InChI=1S/C15H27N3O3.ClH/c1-4-21-11-9-15(16,14(11,2)3)13(20)17-10-12(19)18-7-5-6-8-18;/h11H,4-10,16H2,1-3H3,(H,17,20);1H. The fraction of sp³-hybridized carbons (Fsp3) is 0.867. The van der Waals surface area contributed by atoms with Crippen LogP contribution in [-0.2, 0) is 14.3 Å². The van der Waals surface area contributed by atoms with E-state index in [1.54, 1.807) is 4.90 Å². The molecule has 0 radical (unpaired) electrons. The Balaban J connectivity index is 0.00000242. The number of nitrogens with two attached hydrogens (primary N) is 1. The molecule has 7 heteroatoms. The van der Waals surface area contributed by atoms with Crippen molar-refractivity contribution in [2.75, 3.05) is 26.2 Å². The lowest BCUT2D eigenvalue weighted by Crippen LogP contribution is -2.76. The van der Waals surface area contributed by atoms with Crippen molar-refractivity contribution >= 4 is 24.2 Å². The van der Waals surface area contributed by atoms with E-state index >= 15 is 0 Å². The first-order valence-corrected chi connectivity index (χ1v) is 7.79. The molecule has 2 atom stereocenters. The number of halogens is 1. The van der Waals surface area contributed by atoms with Crippen LogP contribution in [0.3, 0.4) is 0 Å². The molecular weight excluding hydrogens is 306 g/mol.